The van der Waals surface area contributed by atoms with Crippen LogP contribution in [0.4, 0.5) is 5.69 Å². The molecule has 1 saturated heterocycles. The first-order chi connectivity index (χ1) is 13.6. The summed E-state index contributed by atoms with van der Waals surface area (Å²) in [5.74, 6) is 0.820. The van der Waals surface area contributed by atoms with Gasteiger partial charge in [0.15, 0.2) is 15.8 Å². The molecular formula is C21H34N4O3S. The predicted octanol–water partition coefficient (Wildman–Crippen LogP) is 2.65. The Hall–Kier alpha value is -2.09. The number of nitrogens with zero attached hydrogens (tertiary/aromatic N) is 2. The molecule has 1 fully saturated rings. The van der Waals surface area contributed by atoms with Gasteiger partial charge in [0.05, 0.1) is 17.0 Å². The van der Waals surface area contributed by atoms with E-state index in [0.717, 1.165) is 17.7 Å². The van der Waals surface area contributed by atoms with Crippen LogP contribution in [0, 0.1) is 5.92 Å². The van der Waals surface area contributed by atoms with Crippen molar-refractivity contribution < 1.29 is 13.2 Å². The molecule has 0 aliphatic carbocycles. The topological polar surface area (TPSA) is 90.9 Å². The maximum atomic E-state index is 12.3. The number of amides is 1. The summed E-state index contributed by atoms with van der Waals surface area (Å²) in [5.41, 5.74) is 1.74. The minimum Gasteiger partial charge on any atom is -0.357 e. The average Bonchev–Trinajstić information content (AvgIpc) is 2.67. The Kier molecular flexibility index (Phi) is 7.68. The lowest BCUT2D eigenvalue weighted by atomic mass is 10.1. The normalized spacial score (nSPS) is 19.5. The van der Waals surface area contributed by atoms with Gasteiger partial charge in [0.25, 0.3) is 0 Å². The van der Waals surface area contributed by atoms with Gasteiger partial charge < -0.3 is 15.5 Å². The summed E-state index contributed by atoms with van der Waals surface area (Å²) in [7, 11) is -3.10. The number of benzene rings is 1. The number of guanidine groups is 1. The molecule has 29 heavy (non-hydrogen) atoms. The molecule has 2 rings (SSSR count). The highest BCUT2D eigenvalue weighted by Crippen LogP contribution is 2.24. The second-order valence-corrected chi connectivity index (χ2v) is 10.9. The number of anilines is 1. The Labute approximate surface area is 174 Å². The summed E-state index contributed by atoms with van der Waals surface area (Å²) in [6.45, 7) is 11.4. The highest BCUT2D eigenvalue weighted by Gasteiger charge is 2.40. The largest absolute Gasteiger partial charge is 0.357 e. The van der Waals surface area contributed by atoms with Gasteiger partial charge in [-0.1, -0.05) is 26.0 Å². The molecular weight excluding hydrogens is 388 g/mol. The van der Waals surface area contributed by atoms with Crippen molar-refractivity contribution in [2.24, 2.45) is 10.9 Å². The van der Waals surface area contributed by atoms with Crippen molar-refractivity contribution in [3.63, 3.8) is 0 Å². The van der Waals surface area contributed by atoms with Crippen molar-refractivity contribution in [1.29, 1.82) is 0 Å². The summed E-state index contributed by atoms with van der Waals surface area (Å²) in [6.07, 6.45) is 0.795. The van der Waals surface area contributed by atoms with Crippen LogP contribution in [0.3, 0.4) is 0 Å². The fourth-order valence-corrected chi connectivity index (χ4v) is 4.48. The molecule has 1 unspecified atom stereocenters. The number of aliphatic imine (C=N–C) groups is 1. The van der Waals surface area contributed by atoms with Gasteiger partial charge in [-0.2, -0.15) is 0 Å². The van der Waals surface area contributed by atoms with Crippen molar-refractivity contribution in [3.8, 4) is 0 Å². The average molecular weight is 423 g/mol. The van der Waals surface area contributed by atoms with Crippen molar-refractivity contribution in [3.05, 3.63) is 29.8 Å². The minimum atomic E-state index is -3.10. The summed E-state index contributed by atoms with van der Waals surface area (Å²) >= 11 is 0. The van der Waals surface area contributed by atoms with E-state index in [1.54, 1.807) is 13.8 Å². The molecule has 0 saturated carbocycles. The Balaban J connectivity index is 2.13. The molecule has 0 aromatic heterocycles. The molecule has 7 nitrogen and oxygen atoms in total. The number of hydrogen-bond acceptors (Lipinski definition) is 4. The van der Waals surface area contributed by atoms with Crippen LogP contribution in [0.2, 0.25) is 0 Å². The molecule has 1 atom stereocenters. The van der Waals surface area contributed by atoms with Crippen molar-refractivity contribution in [1.82, 2.24) is 10.2 Å². The standard InChI is InChI=1S/C21H34N4O3S/c1-6-16(3)19(26)24-18-10-8-9-17(13-18)14-23-20(22-7-2)25-11-12-29(27,28)21(4,5)15-25/h8-10,13,16H,6-7,11-12,14-15H2,1-5H3,(H,22,23)(H,24,26). The summed E-state index contributed by atoms with van der Waals surface area (Å²) in [4.78, 5) is 18.9. The molecule has 2 N–H and O–H groups in total. The zero-order valence-electron chi connectivity index (χ0n) is 18.2. The van der Waals surface area contributed by atoms with E-state index in [9.17, 15) is 13.2 Å². The number of hydrogen-bond donors (Lipinski definition) is 2. The molecule has 1 heterocycles. The summed E-state index contributed by atoms with van der Waals surface area (Å²) in [5, 5.41) is 6.22. The second kappa shape index (κ2) is 9.61. The Morgan fingerprint density at radius 3 is 2.66 bits per heavy atom. The lowest BCUT2D eigenvalue weighted by Crippen LogP contribution is -2.57. The molecule has 1 amide bonds. The molecule has 1 aromatic carbocycles. The first-order valence-electron chi connectivity index (χ1n) is 10.2. The number of carbonyl (C=O) groups is 1. The second-order valence-electron chi connectivity index (χ2n) is 8.17. The van der Waals surface area contributed by atoms with Crippen LogP contribution >= 0.6 is 0 Å². The van der Waals surface area contributed by atoms with Gasteiger partial charge in [-0.15, -0.1) is 0 Å². The van der Waals surface area contributed by atoms with Gasteiger partial charge in [-0.05, 0) is 44.9 Å². The Morgan fingerprint density at radius 2 is 2.03 bits per heavy atom. The smallest absolute Gasteiger partial charge is 0.227 e. The maximum Gasteiger partial charge on any atom is 0.227 e. The molecule has 1 aromatic rings. The lowest BCUT2D eigenvalue weighted by Gasteiger charge is -2.39. The quantitative estimate of drug-likeness (QED) is 0.543. The van der Waals surface area contributed by atoms with E-state index in [2.05, 4.69) is 10.6 Å². The van der Waals surface area contributed by atoms with Gasteiger partial charge in [-0.3, -0.25) is 4.79 Å². The lowest BCUT2D eigenvalue weighted by molar-refractivity contribution is -0.119. The SMILES string of the molecule is CCNC(=NCc1cccc(NC(=O)C(C)CC)c1)N1CCS(=O)(=O)C(C)(C)C1. The third-order valence-electron chi connectivity index (χ3n) is 5.34. The first kappa shape index (κ1) is 23.2. The van der Waals surface area contributed by atoms with E-state index in [-0.39, 0.29) is 17.6 Å². The fourth-order valence-electron chi connectivity index (χ4n) is 3.11. The van der Waals surface area contributed by atoms with Crippen molar-refractivity contribution >= 4 is 27.4 Å². The minimum absolute atomic E-state index is 0.0123. The van der Waals surface area contributed by atoms with Crippen LogP contribution in [-0.4, -0.2) is 55.3 Å². The van der Waals surface area contributed by atoms with Crippen LogP contribution in [0.5, 0.6) is 0 Å². The zero-order chi connectivity index (χ0) is 21.7. The molecule has 162 valence electrons. The van der Waals surface area contributed by atoms with Crippen LogP contribution in [-0.2, 0) is 21.2 Å². The predicted molar refractivity (Wildman–Crippen MR) is 119 cm³/mol. The molecule has 0 bridgehead atoms. The van der Waals surface area contributed by atoms with Crippen molar-refractivity contribution in [2.45, 2.75) is 52.3 Å². The van der Waals surface area contributed by atoms with Gasteiger partial charge in [0.1, 0.15) is 0 Å². The van der Waals surface area contributed by atoms with E-state index in [0.29, 0.717) is 32.1 Å². The molecule has 1 aliphatic rings. The van der Waals surface area contributed by atoms with Crippen LogP contribution in [0.1, 0.15) is 46.6 Å². The zero-order valence-corrected chi connectivity index (χ0v) is 19.0. The first-order valence-corrected chi connectivity index (χ1v) is 11.9. The van der Waals surface area contributed by atoms with E-state index in [1.807, 2.05) is 49.9 Å². The van der Waals surface area contributed by atoms with Gasteiger partial charge in [-0.25, -0.2) is 13.4 Å². The van der Waals surface area contributed by atoms with Gasteiger partial charge >= 0.3 is 0 Å². The maximum absolute atomic E-state index is 12.3. The molecule has 1 aliphatic heterocycles. The monoisotopic (exact) mass is 422 g/mol. The molecule has 0 spiro atoms. The van der Waals surface area contributed by atoms with E-state index in [1.165, 1.54) is 0 Å². The number of sulfone groups is 1. The van der Waals surface area contributed by atoms with Crippen LogP contribution in [0.15, 0.2) is 29.3 Å². The van der Waals surface area contributed by atoms with Crippen LogP contribution < -0.4 is 10.6 Å². The van der Waals surface area contributed by atoms with Gasteiger partial charge in [0, 0.05) is 31.2 Å². The highest BCUT2D eigenvalue weighted by atomic mass is 32.2. The Morgan fingerprint density at radius 1 is 1.31 bits per heavy atom. The van der Waals surface area contributed by atoms with E-state index in [4.69, 9.17) is 4.99 Å². The van der Waals surface area contributed by atoms with Crippen LogP contribution in [0.25, 0.3) is 0 Å². The number of nitrogens with one attached hydrogen (secondary N) is 2. The summed E-state index contributed by atoms with van der Waals surface area (Å²) in [6, 6.07) is 7.67. The highest BCUT2D eigenvalue weighted by molar-refractivity contribution is 7.92. The van der Waals surface area contributed by atoms with E-state index >= 15 is 0 Å². The third kappa shape index (κ3) is 5.95. The van der Waals surface area contributed by atoms with Gasteiger partial charge in [0.2, 0.25) is 5.91 Å². The van der Waals surface area contributed by atoms with Crippen molar-refractivity contribution in [2.75, 3.05) is 30.7 Å². The number of carbonyl (C=O) groups excluding carboxylic acids is 1. The fraction of sp³-hybridized carbons (Fsp3) is 0.619. The molecule has 0 radical (unpaired) electrons. The summed E-state index contributed by atoms with van der Waals surface area (Å²) < 4.78 is 23.8. The molecule has 8 heteroatoms. The number of rotatable bonds is 6. The Bertz CT molecular complexity index is 849. The third-order valence-corrected chi connectivity index (χ3v) is 7.88. The van der Waals surface area contributed by atoms with E-state index < -0.39 is 14.6 Å².